The molecule has 6 heteroatoms. The third-order valence-corrected chi connectivity index (χ3v) is 3.58. The van der Waals surface area contributed by atoms with Crippen LogP contribution in [0.3, 0.4) is 0 Å². The fourth-order valence-electron chi connectivity index (χ4n) is 2.40. The van der Waals surface area contributed by atoms with E-state index in [0.717, 1.165) is 18.8 Å². The van der Waals surface area contributed by atoms with Gasteiger partial charge in [0.05, 0.1) is 24.5 Å². The van der Waals surface area contributed by atoms with Crippen molar-refractivity contribution in [2.45, 2.75) is 51.8 Å². The number of nitrogens with one attached hydrogen (secondary N) is 1. The van der Waals surface area contributed by atoms with Crippen LogP contribution in [0, 0.1) is 0 Å². The van der Waals surface area contributed by atoms with Crippen LogP contribution >= 0.6 is 0 Å². The first-order valence-corrected chi connectivity index (χ1v) is 7.60. The summed E-state index contributed by atoms with van der Waals surface area (Å²) in [5.41, 5.74) is 0.671. The second-order valence-electron chi connectivity index (χ2n) is 6.71. The molecule has 1 fully saturated rings. The molecule has 1 aliphatic heterocycles. The van der Waals surface area contributed by atoms with E-state index in [1.54, 1.807) is 12.3 Å². The molecule has 1 aliphatic rings. The fraction of sp³-hybridized carbons (Fsp3) is 0.733. The summed E-state index contributed by atoms with van der Waals surface area (Å²) < 4.78 is 1.33. The predicted octanol–water partition coefficient (Wildman–Crippen LogP) is 0.592. The Balaban J connectivity index is 1.96. The first-order valence-electron chi connectivity index (χ1n) is 7.60. The zero-order valence-electron chi connectivity index (χ0n) is 13.2. The lowest BCUT2D eigenvalue weighted by Crippen LogP contribution is -2.43. The molecule has 1 aromatic rings. The lowest BCUT2D eigenvalue weighted by atomic mass is 10.1. The number of hydrogen-bond donors (Lipinski definition) is 2. The van der Waals surface area contributed by atoms with Gasteiger partial charge in [-0.15, -0.1) is 0 Å². The van der Waals surface area contributed by atoms with Crippen molar-refractivity contribution >= 4 is 5.69 Å². The third kappa shape index (κ3) is 4.82. The number of aliphatic hydroxyl groups is 1. The molecule has 2 N–H and O–H groups in total. The summed E-state index contributed by atoms with van der Waals surface area (Å²) in [5.74, 6) is 0. The van der Waals surface area contributed by atoms with Crippen LogP contribution in [0.25, 0.3) is 0 Å². The number of aliphatic hydroxyl groups excluding tert-OH is 1. The van der Waals surface area contributed by atoms with Crippen LogP contribution in [0.5, 0.6) is 0 Å². The van der Waals surface area contributed by atoms with E-state index in [1.807, 2.05) is 20.8 Å². The molecule has 1 unspecified atom stereocenters. The second kappa shape index (κ2) is 6.58. The topological polar surface area (TPSA) is 70.4 Å². The van der Waals surface area contributed by atoms with Crippen LogP contribution in [0.2, 0.25) is 0 Å². The van der Waals surface area contributed by atoms with Crippen molar-refractivity contribution in [3.63, 3.8) is 0 Å². The van der Waals surface area contributed by atoms with E-state index in [4.69, 9.17) is 0 Å². The summed E-state index contributed by atoms with van der Waals surface area (Å²) in [5, 5.41) is 17.4. The van der Waals surface area contributed by atoms with E-state index >= 15 is 0 Å². The Morgan fingerprint density at radius 3 is 2.62 bits per heavy atom. The Morgan fingerprint density at radius 1 is 1.38 bits per heavy atom. The van der Waals surface area contributed by atoms with Gasteiger partial charge in [-0.1, -0.05) is 0 Å². The zero-order chi connectivity index (χ0) is 15.5. The maximum absolute atomic E-state index is 12.1. The highest BCUT2D eigenvalue weighted by molar-refractivity contribution is 5.43. The molecule has 1 aromatic heterocycles. The lowest BCUT2D eigenvalue weighted by molar-refractivity contribution is 0.136. The molecular formula is C15H26N4O2. The molecule has 21 heavy (non-hydrogen) atoms. The molecule has 6 nitrogen and oxygen atoms in total. The van der Waals surface area contributed by atoms with Crippen molar-refractivity contribution in [2.75, 3.05) is 24.5 Å². The van der Waals surface area contributed by atoms with Gasteiger partial charge in [0.2, 0.25) is 0 Å². The van der Waals surface area contributed by atoms with Crippen LogP contribution < -0.4 is 15.8 Å². The van der Waals surface area contributed by atoms with Crippen LogP contribution in [-0.2, 0) is 6.54 Å². The van der Waals surface area contributed by atoms with Gasteiger partial charge in [-0.3, -0.25) is 4.79 Å². The quantitative estimate of drug-likeness (QED) is 0.832. The fourth-order valence-corrected chi connectivity index (χ4v) is 2.40. The number of aromatic nitrogens is 2. The third-order valence-electron chi connectivity index (χ3n) is 3.58. The largest absolute Gasteiger partial charge is 0.390 e. The van der Waals surface area contributed by atoms with E-state index in [2.05, 4.69) is 15.3 Å². The van der Waals surface area contributed by atoms with Crippen LogP contribution in [0.15, 0.2) is 17.1 Å². The van der Waals surface area contributed by atoms with Gasteiger partial charge in [-0.2, -0.15) is 5.10 Å². The number of nitrogens with zero attached hydrogens (tertiary/aromatic N) is 3. The van der Waals surface area contributed by atoms with Crippen LogP contribution in [0.1, 0.15) is 33.6 Å². The maximum atomic E-state index is 12.1. The Hall–Kier alpha value is -1.40. The molecule has 1 saturated heterocycles. The van der Waals surface area contributed by atoms with E-state index in [1.165, 1.54) is 17.5 Å². The normalized spacial score (nSPS) is 17.2. The SMILES string of the molecule is CC(C)(C)NCC(O)Cn1ncc(N2CCCC2)cc1=O. The van der Waals surface area contributed by atoms with Crippen molar-refractivity contribution in [3.05, 3.63) is 22.6 Å². The molecule has 2 rings (SSSR count). The van der Waals surface area contributed by atoms with Gasteiger partial charge >= 0.3 is 0 Å². The highest BCUT2D eigenvalue weighted by Crippen LogP contribution is 2.16. The summed E-state index contributed by atoms with van der Waals surface area (Å²) in [6, 6.07) is 1.61. The zero-order valence-corrected chi connectivity index (χ0v) is 13.2. The standard InChI is InChI=1S/C15H26N4O2/c1-15(2,3)16-10-13(20)11-19-14(21)8-12(9-17-19)18-6-4-5-7-18/h8-9,13,16,20H,4-7,10-11H2,1-3H3. The molecule has 1 atom stereocenters. The molecule has 0 amide bonds. The average molecular weight is 294 g/mol. The van der Waals surface area contributed by atoms with Crippen LogP contribution in [0.4, 0.5) is 5.69 Å². The van der Waals surface area contributed by atoms with Crippen molar-refractivity contribution in [2.24, 2.45) is 0 Å². The van der Waals surface area contributed by atoms with Gasteiger partial charge < -0.3 is 15.3 Å². The van der Waals surface area contributed by atoms with Gasteiger partial charge in [0.15, 0.2) is 0 Å². The van der Waals surface area contributed by atoms with Gasteiger partial charge in [0.25, 0.3) is 5.56 Å². The number of anilines is 1. The highest BCUT2D eigenvalue weighted by Gasteiger charge is 2.16. The van der Waals surface area contributed by atoms with Gasteiger partial charge in [0, 0.05) is 31.2 Å². The van der Waals surface area contributed by atoms with E-state index in [-0.39, 0.29) is 17.6 Å². The second-order valence-corrected chi connectivity index (χ2v) is 6.71. The van der Waals surface area contributed by atoms with Crippen molar-refractivity contribution in [1.82, 2.24) is 15.1 Å². The first-order chi connectivity index (χ1) is 9.85. The number of β-amino-alcohol motifs (C(OH)–C–C–N with tert-alkyl or cyclic N) is 1. The summed E-state index contributed by atoms with van der Waals surface area (Å²) in [4.78, 5) is 14.3. The summed E-state index contributed by atoms with van der Waals surface area (Å²) in [6.45, 7) is 8.74. The molecule has 118 valence electrons. The van der Waals surface area contributed by atoms with Gasteiger partial charge in [-0.05, 0) is 33.6 Å². The van der Waals surface area contributed by atoms with Gasteiger partial charge in [0.1, 0.15) is 0 Å². The Labute approximate surface area is 125 Å². The van der Waals surface area contributed by atoms with E-state index in [0.29, 0.717) is 6.54 Å². The Bertz CT molecular complexity index is 515. The Kier molecular flexibility index (Phi) is 5.00. The van der Waals surface area contributed by atoms with Crippen molar-refractivity contribution in [3.8, 4) is 0 Å². The maximum Gasteiger partial charge on any atom is 0.268 e. The summed E-state index contributed by atoms with van der Waals surface area (Å²) >= 11 is 0. The van der Waals surface area contributed by atoms with E-state index < -0.39 is 6.10 Å². The lowest BCUT2D eigenvalue weighted by Gasteiger charge is -2.23. The number of hydrogen-bond acceptors (Lipinski definition) is 5. The molecular weight excluding hydrogens is 268 g/mol. The minimum absolute atomic E-state index is 0.0566. The molecule has 2 heterocycles. The summed E-state index contributed by atoms with van der Waals surface area (Å²) in [6.07, 6.45) is 3.42. The monoisotopic (exact) mass is 294 g/mol. The Morgan fingerprint density at radius 2 is 2.05 bits per heavy atom. The molecule has 0 bridgehead atoms. The smallest absolute Gasteiger partial charge is 0.268 e. The molecule has 0 spiro atoms. The van der Waals surface area contributed by atoms with Crippen molar-refractivity contribution in [1.29, 1.82) is 0 Å². The van der Waals surface area contributed by atoms with Crippen LogP contribution in [-0.4, -0.2) is 46.2 Å². The first kappa shape index (κ1) is 16.0. The molecule has 0 aromatic carbocycles. The predicted molar refractivity (Wildman–Crippen MR) is 83.7 cm³/mol. The average Bonchev–Trinajstić information content (AvgIpc) is 2.92. The summed E-state index contributed by atoms with van der Waals surface area (Å²) in [7, 11) is 0. The van der Waals surface area contributed by atoms with E-state index in [9.17, 15) is 9.90 Å². The van der Waals surface area contributed by atoms with Crippen molar-refractivity contribution < 1.29 is 5.11 Å². The highest BCUT2D eigenvalue weighted by atomic mass is 16.3. The van der Waals surface area contributed by atoms with Gasteiger partial charge in [-0.25, -0.2) is 4.68 Å². The number of rotatable bonds is 5. The minimum atomic E-state index is -0.632. The molecule has 0 radical (unpaired) electrons. The molecule has 0 saturated carbocycles. The minimum Gasteiger partial charge on any atom is -0.390 e. The molecule has 0 aliphatic carbocycles.